The molecule has 110 valence electrons. The van der Waals surface area contributed by atoms with Crippen molar-refractivity contribution in [1.29, 1.82) is 0 Å². The van der Waals surface area contributed by atoms with Crippen LogP contribution < -0.4 is 5.32 Å². The summed E-state index contributed by atoms with van der Waals surface area (Å²) in [7, 11) is 0. The molecule has 0 unspecified atom stereocenters. The van der Waals surface area contributed by atoms with Gasteiger partial charge in [0.1, 0.15) is 0 Å². The molecule has 0 heterocycles. The molecule has 0 aliphatic carbocycles. The highest BCUT2D eigenvalue weighted by Gasteiger charge is 2.10. The SMILES string of the molecule is CCc1cc(Br)cc(C)c1NC(=O)CCc1ccccc1. The summed E-state index contributed by atoms with van der Waals surface area (Å²) < 4.78 is 1.05. The molecular formula is C18H20BrNO. The number of rotatable bonds is 5. The summed E-state index contributed by atoms with van der Waals surface area (Å²) in [5.41, 5.74) is 4.40. The first kappa shape index (κ1) is 15.8. The number of hydrogen-bond donors (Lipinski definition) is 1. The molecule has 0 saturated heterocycles. The first-order valence-corrected chi connectivity index (χ1v) is 8.02. The lowest BCUT2D eigenvalue weighted by Crippen LogP contribution is -2.14. The third-order valence-corrected chi connectivity index (χ3v) is 3.97. The highest BCUT2D eigenvalue weighted by Crippen LogP contribution is 2.26. The van der Waals surface area contributed by atoms with E-state index < -0.39 is 0 Å². The van der Waals surface area contributed by atoms with Gasteiger partial charge in [-0.2, -0.15) is 0 Å². The number of amides is 1. The van der Waals surface area contributed by atoms with Crippen molar-refractivity contribution in [1.82, 2.24) is 0 Å². The Labute approximate surface area is 134 Å². The quantitative estimate of drug-likeness (QED) is 0.820. The van der Waals surface area contributed by atoms with E-state index in [-0.39, 0.29) is 5.91 Å². The van der Waals surface area contributed by atoms with Crippen LogP contribution in [0.25, 0.3) is 0 Å². The van der Waals surface area contributed by atoms with Crippen molar-refractivity contribution in [3.05, 3.63) is 63.6 Å². The monoisotopic (exact) mass is 345 g/mol. The van der Waals surface area contributed by atoms with Crippen molar-refractivity contribution in [3.8, 4) is 0 Å². The molecule has 0 bridgehead atoms. The van der Waals surface area contributed by atoms with Gasteiger partial charge in [-0.25, -0.2) is 0 Å². The number of halogens is 1. The molecule has 2 aromatic carbocycles. The number of hydrogen-bond acceptors (Lipinski definition) is 1. The molecule has 0 aliphatic heterocycles. The van der Waals surface area contributed by atoms with E-state index in [9.17, 15) is 4.79 Å². The average Bonchev–Trinajstić information content (AvgIpc) is 2.48. The fraction of sp³-hybridized carbons (Fsp3) is 0.278. The lowest BCUT2D eigenvalue weighted by atomic mass is 10.1. The Morgan fingerprint density at radius 2 is 1.90 bits per heavy atom. The van der Waals surface area contributed by atoms with Crippen LogP contribution in [0.15, 0.2) is 46.9 Å². The molecule has 0 radical (unpaired) electrons. The summed E-state index contributed by atoms with van der Waals surface area (Å²) in [6.07, 6.45) is 2.17. The predicted octanol–water partition coefficient (Wildman–Crippen LogP) is 4.89. The lowest BCUT2D eigenvalue weighted by molar-refractivity contribution is -0.116. The molecule has 0 aliphatic rings. The largest absolute Gasteiger partial charge is 0.326 e. The second kappa shape index (κ2) is 7.41. The number of carbonyl (C=O) groups is 1. The van der Waals surface area contributed by atoms with Gasteiger partial charge in [-0.3, -0.25) is 4.79 Å². The van der Waals surface area contributed by atoms with Crippen molar-refractivity contribution in [2.24, 2.45) is 0 Å². The standard InChI is InChI=1S/C18H20BrNO/c1-3-15-12-16(19)11-13(2)18(15)20-17(21)10-9-14-7-5-4-6-8-14/h4-8,11-12H,3,9-10H2,1-2H3,(H,20,21). The molecule has 1 N–H and O–H groups in total. The minimum atomic E-state index is 0.0685. The van der Waals surface area contributed by atoms with Crippen molar-refractivity contribution in [2.75, 3.05) is 5.32 Å². The fourth-order valence-corrected chi connectivity index (χ4v) is 2.99. The Hall–Kier alpha value is -1.61. The van der Waals surface area contributed by atoms with E-state index in [2.05, 4.69) is 46.4 Å². The predicted molar refractivity (Wildman–Crippen MR) is 91.6 cm³/mol. The zero-order valence-corrected chi connectivity index (χ0v) is 14.0. The van der Waals surface area contributed by atoms with Gasteiger partial charge in [0, 0.05) is 16.6 Å². The van der Waals surface area contributed by atoms with E-state index >= 15 is 0 Å². The van der Waals surface area contributed by atoms with Gasteiger partial charge in [0.25, 0.3) is 0 Å². The lowest BCUT2D eigenvalue weighted by Gasteiger charge is -2.14. The Morgan fingerprint density at radius 3 is 2.57 bits per heavy atom. The third kappa shape index (κ3) is 4.43. The number of anilines is 1. The Kier molecular flexibility index (Phi) is 5.57. The summed E-state index contributed by atoms with van der Waals surface area (Å²) >= 11 is 3.50. The molecule has 0 spiro atoms. The van der Waals surface area contributed by atoms with Crippen LogP contribution >= 0.6 is 15.9 Å². The highest BCUT2D eigenvalue weighted by atomic mass is 79.9. The van der Waals surface area contributed by atoms with E-state index in [1.807, 2.05) is 31.2 Å². The van der Waals surface area contributed by atoms with Gasteiger partial charge in [-0.1, -0.05) is 53.2 Å². The molecular weight excluding hydrogens is 326 g/mol. The fourth-order valence-electron chi connectivity index (χ4n) is 2.37. The van der Waals surface area contributed by atoms with E-state index in [1.165, 1.54) is 5.56 Å². The van der Waals surface area contributed by atoms with Crippen molar-refractivity contribution in [3.63, 3.8) is 0 Å². The van der Waals surface area contributed by atoms with Crippen LogP contribution in [-0.2, 0) is 17.6 Å². The zero-order valence-electron chi connectivity index (χ0n) is 12.4. The van der Waals surface area contributed by atoms with Crippen LogP contribution in [0.5, 0.6) is 0 Å². The minimum Gasteiger partial charge on any atom is -0.326 e. The maximum Gasteiger partial charge on any atom is 0.224 e. The van der Waals surface area contributed by atoms with Gasteiger partial charge in [0.05, 0.1) is 0 Å². The smallest absolute Gasteiger partial charge is 0.224 e. The summed E-state index contributed by atoms with van der Waals surface area (Å²) in [6.45, 7) is 4.12. The van der Waals surface area contributed by atoms with Gasteiger partial charge >= 0.3 is 0 Å². The normalized spacial score (nSPS) is 10.4. The second-order valence-corrected chi connectivity index (χ2v) is 6.06. The Morgan fingerprint density at radius 1 is 1.19 bits per heavy atom. The van der Waals surface area contributed by atoms with Crippen LogP contribution in [0.1, 0.15) is 30.0 Å². The van der Waals surface area contributed by atoms with Crippen molar-refractivity contribution in [2.45, 2.75) is 33.1 Å². The number of nitrogens with one attached hydrogen (secondary N) is 1. The topological polar surface area (TPSA) is 29.1 Å². The summed E-state index contributed by atoms with van der Waals surface area (Å²) in [5, 5.41) is 3.07. The van der Waals surface area contributed by atoms with Crippen LogP contribution in [0.3, 0.4) is 0 Å². The van der Waals surface area contributed by atoms with Crippen LogP contribution in [0, 0.1) is 6.92 Å². The molecule has 0 aromatic heterocycles. The van der Waals surface area contributed by atoms with Gasteiger partial charge in [-0.15, -0.1) is 0 Å². The van der Waals surface area contributed by atoms with E-state index in [0.717, 1.165) is 34.1 Å². The van der Waals surface area contributed by atoms with E-state index in [0.29, 0.717) is 6.42 Å². The molecule has 1 amide bonds. The van der Waals surface area contributed by atoms with Gasteiger partial charge in [0.2, 0.25) is 5.91 Å². The first-order chi connectivity index (χ1) is 10.1. The molecule has 2 aromatic rings. The maximum atomic E-state index is 12.2. The average molecular weight is 346 g/mol. The van der Waals surface area contributed by atoms with Gasteiger partial charge in [0.15, 0.2) is 0 Å². The maximum absolute atomic E-state index is 12.2. The molecule has 2 nitrogen and oxygen atoms in total. The summed E-state index contributed by atoms with van der Waals surface area (Å²) in [5.74, 6) is 0.0685. The van der Waals surface area contributed by atoms with Crippen LogP contribution in [-0.4, -0.2) is 5.91 Å². The van der Waals surface area contributed by atoms with Crippen molar-refractivity contribution >= 4 is 27.5 Å². The number of carbonyl (C=O) groups excluding carboxylic acids is 1. The van der Waals surface area contributed by atoms with Crippen LogP contribution in [0.2, 0.25) is 0 Å². The molecule has 0 atom stereocenters. The molecule has 3 heteroatoms. The Balaban J connectivity index is 2.03. The molecule has 0 saturated carbocycles. The zero-order chi connectivity index (χ0) is 15.2. The number of benzene rings is 2. The molecule has 21 heavy (non-hydrogen) atoms. The van der Waals surface area contributed by atoms with Crippen LogP contribution in [0.4, 0.5) is 5.69 Å². The Bertz CT molecular complexity index is 623. The van der Waals surface area contributed by atoms with Crippen molar-refractivity contribution < 1.29 is 4.79 Å². The van der Waals surface area contributed by atoms with Gasteiger partial charge < -0.3 is 5.32 Å². The molecule has 0 fully saturated rings. The van der Waals surface area contributed by atoms with E-state index in [4.69, 9.17) is 0 Å². The number of aryl methyl sites for hydroxylation is 3. The summed E-state index contributed by atoms with van der Waals surface area (Å²) in [6, 6.07) is 14.2. The van der Waals surface area contributed by atoms with E-state index in [1.54, 1.807) is 0 Å². The van der Waals surface area contributed by atoms with Gasteiger partial charge in [-0.05, 0) is 48.6 Å². The summed E-state index contributed by atoms with van der Waals surface area (Å²) in [4.78, 5) is 12.2. The molecule has 2 rings (SSSR count). The first-order valence-electron chi connectivity index (χ1n) is 7.23. The second-order valence-electron chi connectivity index (χ2n) is 5.14. The minimum absolute atomic E-state index is 0.0685. The third-order valence-electron chi connectivity index (χ3n) is 3.51. The highest BCUT2D eigenvalue weighted by molar-refractivity contribution is 9.10.